The molecular formula is C33H35FO4. The number of hydrogen-bond acceptors (Lipinski definition) is 3. The molecule has 198 valence electrons. The first-order chi connectivity index (χ1) is 18.5. The Morgan fingerprint density at radius 3 is 2.58 bits per heavy atom. The fourth-order valence-corrected chi connectivity index (χ4v) is 5.83. The summed E-state index contributed by atoms with van der Waals surface area (Å²) in [5.41, 5.74) is 5.59. The molecule has 0 radical (unpaired) electrons. The number of rotatable bonds is 9. The highest BCUT2D eigenvalue weighted by Gasteiger charge is 2.25. The largest absolute Gasteiger partial charge is 0.497 e. The van der Waals surface area contributed by atoms with E-state index in [1.165, 1.54) is 43.7 Å². The third-order valence-electron chi connectivity index (χ3n) is 7.92. The highest BCUT2D eigenvalue weighted by molar-refractivity contribution is 5.77. The van der Waals surface area contributed by atoms with Crippen LogP contribution in [0, 0.1) is 11.7 Å². The van der Waals surface area contributed by atoms with Crippen molar-refractivity contribution in [2.24, 2.45) is 5.92 Å². The summed E-state index contributed by atoms with van der Waals surface area (Å²) < 4.78 is 26.4. The number of carboxylic acids is 1. The van der Waals surface area contributed by atoms with Gasteiger partial charge in [0, 0.05) is 5.56 Å². The Morgan fingerprint density at radius 1 is 0.974 bits per heavy atom. The van der Waals surface area contributed by atoms with E-state index in [1.54, 1.807) is 19.2 Å². The summed E-state index contributed by atoms with van der Waals surface area (Å²) in [4.78, 5) is 11.3. The van der Waals surface area contributed by atoms with E-state index in [2.05, 4.69) is 24.3 Å². The Morgan fingerprint density at radius 2 is 1.79 bits per heavy atom. The lowest BCUT2D eigenvalue weighted by molar-refractivity contribution is -0.137. The van der Waals surface area contributed by atoms with E-state index in [0.29, 0.717) is 23.8 Å². The Hall–Kier alpha value is -3.60. The van der Waals surface area contributed by atoms with Crippen LogP contribution in [0.1, 0.15) is 73.1 Å². The first-order valence-corrected chi connectivity index (χ1v) is 13.6. The van der Waals surface area contributed by atoms with Crippen LogP contribution in [-0.2, 0) is 17.8 Å². The fraction of sp³-hybridized carbons (Fsp3) is 0.364. The molecular weight excluding hydrogens is 479 g/mol. The molecule has 0 unspecified atom stereocenters. The average Bonchev–Trinajstić information content (AvgIpc) is 3.33. The standard InChI is InChI=1S/C33H35FO4/c1-37-27-14-16-32(34)31(19-27)29-15-8-23(17-25(29)9-7-22-5-3-2-4-6-22)21-38-28-13-12-24-10-11-26(18-33(35)36)30(24)20-28/h7-9,12-17,19-20,22,26H,2-6,10-11,18,21H2,1H3,(H,35,36)/b9-7+/t26-/m1/s1. The molecule has 0 amide bonds. The van der Waals surface area contributed by atoms with Gasteiger partial charge >= 0.3 is 5.97 Å². The van der Waals surface area contributed by atoms with Gasteiger partial charge in [0.25, 0.3) is 0 Å². The van der Waals surface area contributed by atoms with E-state index in [-0.39, 0.29) is 18.2 Å². The van der Waals surface area contributed by atoms with Gasteiger partial charge in [-0.2, -0.15) is 0 Å². The van der Waals surface area contributed by atoms with Gasteiger partial charge in [-0.1, -0.05) is 49.6 Å². The van der Waals surface area contributed by atoms with E-state index in [4.69, 9.17) is 9.47 Å². The number of hydrogen-bond donors (Lipinski definition) is 1. The number of carboxylic acid groups (broad SMARTS) is 1. The predicted molar refractivity (Wildman–Crippen MR) is 148 cm³/mol. The third kappa shape index (κ3) is 6.09. The second-order valence-electron chi connectivity index (χ2n) is 10.5. The molecule has 0 bridgehead atoms. The molecule has 1 fully saturated rings. The average molecular weight is 515 g/mol. The van der Waals surface area contributed by atoms with Gasteiger partial charge in [-0.15, -0.1) is 0 Å². The number of carbonyl (C=O) groups is 1. The summed E-state index contributed by atoms with van der Waals surface area (Å²) in [7, 11) is 1.59. The van der Waals surface area contributed by atoms with Gasteiger partial charge < -0.3 is 14.6 Å². The Kier molecular flexibility index (Phi) is 8.11. The number of aliphatic carboxylic acids is 1. The van der Waals surface area contributed by atoms with Crippen LogP contribution < -0.4 is 9.47 Å². The van der Waals surface area contributed by atoms with Gasteiger partial charge in [0.05, 0.1) is 13.5 Å². The topological polar surface area (TPSA) is 55.8 Å². The molecule has 0 aromatic heterocycles. The fourth-order valence-electron chi connectivity index (χ4n) is 5.83. The molecule has 2 aliphatic rings. The molecule has 1 atom stereocenters. The molecule has 2 aliphatic carbocycles. The highest BCUT2D eigenvalue weighted by atomic mass is 19.1. The van der Waals surface area contributed by atoms with E-state index in [0.717, 1.165) is 40.8 Å². The number of aryl methyl sites for hydroxylation is 1. The number of allylic oxidation sites excluding steroid dienone is 1. The van der Waals surface area contributed by atoms with Gasteiger partial charge in [0.15, 0.2) is 0 Å². The maximum atomic E-state index is 14.9. The van der Waals surface area contributed by atoms with Crippen LogP contribution in [0.3, 0.4) is 0 Å². The van der Waals surface area contributed by atoms with Crippen molar-refractivity contribution in [1.82, 2.24) is 0 Å². The summed E-state index contributed by atoms with van der Waals surface area (Å²) in [6.45, 7) is 0.369. The van der Waals surface area contributed by atoms with Gasteiger partial charge in [-0.25, -0.2) is 4.39 Å². The molecule has 0 heterocycles. The van der Waals surface area contributed by atoms with Gasteiger partial charge in [-0.05, 0) is 102 Å². The van der Waals surface area contributed by atoms with Crippen molar-refractivity contribution < 1.29 is 23.8 Å². The second kappa shape index (κ2) is 11.8. The smallest absolute Gasteiger partial charge is 0.303 e. The summed E-state index contributed by atoms with van der Waals surface area (Å²) in [6.07, 6.45) is 12.6. The zero-order chi connectivity index (χ0) is 26.5. The van der Waals surface area contributed by atoms with Crippen LogP contribution in [0.25, 0.3) is 17.2 Å². The van der Waals surface area contributed by atoms with Crippen LogP contribution in [0.15, 0.2) is 60.7 Å². The maximum absolute atomic E-state index is 14.9. The Balaban J connectivity index is 1.40. The van der Waals surface area contributed by atoms with Crippen molar-refractivity contribution in [3.63, 3.8) is 0 Å². The van der Waals surface area contributed by atoms with Gasteiger partial charge in [-0.3, -0.25) is 4.79 Å². The zero-order valence-corrected chi connectivity index (χ0v) is 21.9. The minimum Gasteiger partial charge on any atom is -0.497 e. The Labute approximate surface area is 224 Å². The summed E-state index contributed by atoms with van der Waals surface area (Å²) in [6, 6.07) is 16.9. The van der Waals surface area contributed by atoms with Crippen LogP contribution in [0.5, 0.6) is 11.5 Å². The molecule has 0 saturated heterocycles. The quantitative estimate of drug-likeness (QED) is 0.313. The van der Waals surface area contributed by atoms with Crippen LogP contribution in [-0.4, -0.2) is 18.2 Å². The van der Waals surface area contributed by atoms with E-state index in [1.807, 2.05) is 24.3 Å². The van der Waals surface area contributed by atoms with Crippen molar-refractivity contribution in [3.05, 3.63) is 88.7 Å². The van der Waals surface area contributed by atoms with E-state index in [9.17, 15) is 14.3 Å². The van der Waals surface area contributed by atoms with Gasteiger partial charge in [0.2, 0.25) is 0 Å². The number of methoxy groups -OCH3 is 1. The monoisotopic (exact) mass is 514 g/mol. The molecule has 1 saturated carbocycles. The highest BCUT2D eigenvalue weighted by Crippen LogP contribution is 2.38. The second-order valence-corrected chi connectivity index (χ2v) is 10.5. The zero-order valence-electron chi connectivity index (χ0n) is 21.9. The molecule has 0 aliphatic heterocycles. The predicted octanol–water partition coefficient (Wildman–Crippen LogP) is 8.18. The van der Waals surface area contributed by atoms with Crippen molar-refractivity contribution in [1.29, 1.82) is 0 Å². The molecule has 38 heavy (non-hydrogen) atoms. The van der Waals surface area contributed by atoms with Gasteiger partial charge in [0.1, 0.15) is 23.9 Å². The number of halogens is 1. The number of fused-ring (bicyclic) bond motifs is 1. The van der Waals surface area contributed by atoms with Crippen molar-refractivity contribution in [2.45, 2.75) is 63.9 Å². The normalized spacial score (nSPS) is 17.5. The molecule has 1 N–H and O–H groups in total. The number of ether oxygens (including phenoxy) is 2. The molecule has 3 aromatic rings. The van der Waals surface area contributed by atoms with E-state index >= 15 is 0 Å². The SMILES string of the molecule is COc1ccc(F)c(-c2ccc(COc3ccc4c(c3)[C@@H](CC(=O)O)CC4)cc2/C=C/C2CCCCC2)c1. The molecule has 5 heteroatoms. The van der Waals surface area contributed by atoms with Crippen molar-refractivity contribution >= 4 is 12.0 Å². The molecule has 3 aromatic carbocycles. The lowest BCUT2D eigenvalue weighted by Gasteiger charge is -2.18. The lowest BCUT2D eigenvalue weighted by atomic mass is 9.88. The minimum absolute atomic E-state index is 0.0413. The maximum Gasteiger partial charge on any atom is 0.303 e. The van der Waals surface area contributed by atoms with Crippen LogP contribution in [0.2, 0.25) is 0 Å². The number of benzene rings is 3. The Bertz CT molecular complexity index is 1320. The minimum atomic E-state index is -0.768. The molecule has 5 rings (SSSR count). The summed E-state index contributed by atoms with van der Waals surface area (Å²) in [5.74, 6) is 0.903. The van der Waals surface area contributed by atoms with Crippen LogP contribution >= 0.6 is 0 Å². The molecule has 4 nitrogen and oxygen atoms in total. The lowest BCUT2D eigenvalue weighted by Crippen LogP contribution is -2.04. The molecule has 0 spiro atoms. The first kappa shape index (κ1) is 26.0. The summed E-state index contributed by atoms with van der Waals surface area (Å²) >= 11 is 0. The third-order valence-corrected chi connectivity index (χ3v) is 7.92. The van der Waals surface area contributed by atoms with Crippen LogP contribution in [0.4, 0.5) is 4.39 Å². The van der Waals surface area contributed by atoms with Crippen molar-refractivity contribution in [2.75, 3.05) is 7.11 Å². The van der Waals surface area contributed by atoms with E-state index < -0.39 is 5.97 Å². The first-order valence-electron chi connectivity index (χ1n) is 13.6. The van der Waals surface area contributed by atoms with Crippen molar-refractivity contribution in [3.8, 4) is 22.6 Å². The summed E-state index contributed by atoms with van der Waals surface area (Å²) in [5, 5.41) is 9.26.